The SMILES string of the molecule is Nc1cc(-c2ccccc2N2CC(=O)NCC2=O)on1. The van der Waals surface area contributed by atoms with Crippen molar-refractivity contribution >= 4 is 23.3 Å². The molecule has 20 heavy (non-hydrogen) atoms. The smallest absolute Gasteiger partial charge is 0.246 e. The van der Waals surface area contributed by atoms with Gasteiger partial charge in [0.15, 0.2) is 11.6 Å². The van der Waals surface area contributed by atoms with Crippen molar-refractivity contribution in [3.63, 3.8) is 0 Å². The van der Waals surface area contributed by atoms with E-state index < -0.39 is 0 Å². The van der Waals surface area contributed by atoms with Crippen LogP contribution in [0.15, 0.2) is 34.9 Å². The van der Waals surface area contributed by atoms with Crippen LogP contribution in [0.4, 0.5) is 11.5 Å². The number of carbonyl (C=O) groups is 2. The van der Waals surface area contributed by atoms with Gasteiger partial charge >= 0.3 is 0 Å². The first-order chi connectivity index (χ1) is 9.65. The number of nitrogen functional groups attached to an aromatic ring is 1. The van der Waals surface area contributed by atoms with Crippen molar-refractivity contribution in [2.75, 3.05) is 23.7 Å². The van der Waals surface area contributed by atoms with Gasteiger partial charge < -0.3 is 20.5 Å². The number of amides is 2. The standard InChI is InChI=1S/C13H12N4O3/c14-11-5-10(20-16-11)8-3-1-2-4-9(8)17-7-12(18)15-6-13(17)19/h1-5H,6-7H2,(H2,14,16)(H,15,18). The minimum Gasteiger partial charge on any atom is -0.381 e. The zero-order valence-electron chi connectivity index (χ0n) is 10.5. The van der Waals surface area contributed by atoms with Gasteiger partial charge in [0.2, 0.25) is 11.8 Å². The minimum absolute atomic E-state index is 0.00822. The van der Waals surface area contributed by atoms with E-state index >= 15 is 0 Å². The molecule has 7 heteroatoms. The molecule has 0 spiro atoms. The molecule has 1 aliphatic heterocycles. The molecule has 102 valence electrons. The highest BCUT2D eigenvalue weighted by atomic mass is 16.5. The van der Waals surface area contributed by atoms with Gasteiger partial charge in [-0.05, 0) is 12.1 Å². The molecule has 0 atom stereocenters. The molecule has 0 unspecified atom stereocenters. The molecule has 0 bridgehead atoms. The molecule has 0 aliphatic carbocycles. The van der Waals surface area contributed by atoms with Crippen LogP contribution in [0.2, 0.25) is 0 Å². The van der Waals surface area contributed by atoms with E-state index in [0.29, 0.717) is 17.0 Å². The van der Waals surface area contributed by atoms with Gasteiger partial charge in [-0.15, -0.1) is 0 Å². The number of para-hydroxylation sites is 1. The van der Waals surface area contributed by atoms with Crippen molar-refractivity contribution < 1.29 is 14.1 Å². The Morgan fingerprint density at radius 1 is 1.30 bits per heavy atom. The summed E-state index contributed by atoms with van der Waals surface area (Å²) in [5.41, 5.74) is 6.81. The molecular formula is C13H12N4O3. The van der Waals surface area contributed by atoms with Crippen LogP contribution < -0.4 is 16.0 Å². The first kappa shape index (κ1) is 12.2. The van der Waals surface area contributed by atoms with Crippen LogP contribution >= 0.6 is 0 Å². The van der Waals surface area contributed by atoms with Crippen LogP contribution in [0.3, 0.4) is 0 Å². The predicted octanol–water partition coefficient (Wildman–Crippen LogP) is 0.387. The lowest BCUT2D eigenvalue weighted by molar-refractivity contribution is -0.128. The summed E-state index contributed by atoms with van der Waals surface area (Å²) in [7, 11) is 0. The zero-order valence-corrected chi connectivity index (χ0v) is 10.5. The Labute approximate surface area is 114 Å². The molecule has 2 heterocycles. The summed E-state index contributed by atoms with van der Waals surface area (Å²) >= 11 is 0. The maximum absolute atomic E-state index is 12.0. The van der Waals surface area contributed by atoms with Crippen molar-refractivity contribution in [2.45, 2.75) is 0 Å². The normalized spacial score (nSPS) is 15.3. The van der Waals surface area contributed by atoms with Gasteiger partial charge in [-0.2, -0.15) is 0 Å². The van der Waals surface area contributed by atoms with E-state index in [1.54, 1.807) is 24.3 Å². The van der Waals surface area contributed by atoms with E-state index in [2.05, 4.69) is 10.5 Å². The van der Waals surface area contributed by atoms with Gasteiger partial charge in [0, 0.05) is 11.6 Å². The van der Waals surface area contributed by atoms with Crippen LogP contribution in [0.25, 0.3) is 11.3 Å². The Balaban J connectivity index is 2.05. The average molecular weight is 272 g/mol. The van der Waals surface area contributed by atoms with E-state index in [9.17, 15) is 9.59 Å². The molecule has 3 rings (SSSR count). The van der Waals surface area contributed by atoms with Crippen molar-refractivity contribution in [3.8, 4) is 11.3 Å². The van der Waals surface area contributed by atoms with Crippen molar-refractivity contribution in [2.24, 2.45) is 0 Å². The Kier molecular flexibility index (Phi) is 2.86. The minimum atomic E-state index is -0.198. The monoisotopic (exact) mass is 272 g/mol. The lowest BCUT2D eigenvalue weighted by Gasteiger charge is -2.27. The fraction of sp³-hybridized carbons (Fsp3) is 0.154. The first-order valence-corrected chi connectivity index (χ1v) is 6.04. The summed E-state index contributed by atoms with van der Waals surface area (Å²) in [4.78, 5) is 24.9. The van der Waals surface area contributed by atoms with E-state index in [1.165, 1.54) is 4.90 Å². The predicted molar refractivity (Wildman–Crippen MR) is 71.7 cm³/mol. The van der Waals surface area contributed by atoms with Gasteiger partial charge in [-0.3, -0.25) is 9.59 Å². The number of nitrogens with two attached hydrogens (primary N) is 1. The average Bonchev–Trinajstić information content (AvgIpc) is 2.88. The van der Waals surface area contributed by atoms with Gasteiger partial charge in [-0.25, -0.2) is 0 Å². The van der Waals surface area contributed by atoms with E-state index in [-0.39, 0.29) is 30.7 Å². The molecule has 2 aromatic rings. The number of aromatic nitrogens is 1. The van der Waals surface area contributed by atoms with E-state index in [4.69, 9.17) is 10.3 Å². The van der Waals surface area contributed by atoms with Gasteiger partial charge in [0.1, 0.15) is 6.54 Å². The van der Waals surface area contributed by atoms with Crippen LogP contribution in [-0.2, 0) is 9.59 Å². The van der Waals surface area contributed by atoms with Crippen molar-refractivity contribution in [1.29, 1.82) is 0 Å². The molecule has 1 saturated heterocycles. The Morgan fingerprint density at radius 3 is 2.85 bits per heavy atom. The number of hydrogen-bond donors (Lipinski definition) is 2. The number of hydrogen-bond acceptors (Lipinski definition) is 5. The van der Waals surface area contributed by atoms with Crippen molar-refractivity contribution in [3.05, 3.63) is 30.3 Å². The van der Waals surface area contributed by atoms with E-state index in [0.717, 1.165) is 0 Å². The highest BCUT2D eigenvalue weighted by Gasteiger charge is 2.27. The molecule has 1 aliphatic rings. The molecule has 2 amide bonds. The second-order valence-electron chi connectivity index (χ2n) is 4.39. The maximum Gasteiger partial charge on any atom is 0.246 e. The van der Waals surface area contributed by atoms with Crippen molar-refractivity contribution in [1.82, 2.24) is 10.5 Å². The van der Waals surface area contributed by atoms with Gasteiger partial charge in [0.25, 0.3) is 0 Å². The van der Waals surface area contributed by atoms with E-state index in [1.807, 2.05) is 6.07 Å². The molecule has 1 aromatic carbocycles. The highest BCUT2D eigenvalue weighted by molar-refractivity contribution is 6.06. The number of anilines is 2. The number of piperazine rings is 1. The quantitative estimate of drug-likeness (QED) is 0.823. The Morgan fingerprint density at radius 2 is 2.10 bits per heavy atom. The summed E-state index contributed by atoms with van der Waals surface area (Å²) in [6.45, 7) is -0.0226. The number of nitrogens with one attached hydrogen (secondary N) is 1. The Hall–Kier alpha value is -2.83. The third-order valence-corrected chi connectivity index (χ3v) is 3.03. The van der Waals surface area contributed by atoms with Gasteiger partial charge in [0.05, 0.1) is 12.2 Å². The molecule has 0 saturated carbocycles. The molecule has 7 nitrogen and oxygen atoms in total. The summed E-state index contributed by atoms with van der Waals surface area (Å²) in [6, 6.07) is 8.72. The summed E-state index contributed by atoms with van der Waals surface area (Å²) < 4.78 is 5.13. The third-order valence-electron chi connectivity index (χ3n) is 3.03. The second-order valence-corrected chi connectivity index (χ2v) is 4.39. The molecular weight excluding hydrogens is 260 g/mol. The lowest BCUT2D eigenvalue weighted by atomic mass is 10.1. The number of benzene rings is 1. The summed E-state index contributed by atoms with van der Waals surface area (Å²) in [6.07, 6.45) is 0. The van der Waals surface area contributed by atoms with Gasteiger partial charge in [-0.1, -0.05) is 17.3 Å². The molecule has 1 aromatic heterocycles. The molecule has 1 fully saturated rings. The molecule has 3 N–H and O–H groups in total. The Bertz CT molecular complexity index is 680. The fourth-order valence-electron chi connectivity index (χ4n) is 2.11. The highest BCUT2D eigenvalue weighted by Crippen LogP contribution is 2.32. The third kappa shape index (κ3) is 2.09. The molecule has 0 radical (unpaired) electrons. The maximum atomic E-state index is 12.0. The van der Waals surface area contributed by atoms with Crippen LogP contribution in [0.5, 0.6) is 0 Å². The van der Waals surface area contributed by atoms with Crippen LogP contribution in [0.1, 0.15) is 0 Å². The number of rotatable bonds is 2. The van der Waals surface area contributed by atoms with Crippen LogP contribution in [-0.4, -0.2) is 30.1 Å². The topological polar surface area (TPSA) is 101 Å². The van der Waals surface area contributed by atoms with Crippen LogP contribution in [0, 0.1) is 0 Å². The fourth-order valence-corrected chi connectivity index (χ4v) is 2.11. The largest absolute Gasteiger partial charge is 0.381 e. The second kappa shape index (κ2) is 4.69. The first-order valence-electron chi connectivity index (χ1n) is 6.04. The zero-order chi connectivity index (χ0) is 14.1. The summed E-state index contributed by atoms with van der Waals surface area (Å²) in [5.74, 6) is 0.343. The lowest BCUT2D eigenvalue weighted by Crippen LogP contribution is -2.51. The number of carbonyl (C=O) groups excluding carboxylic acids is 2. The summed E-state index contributed by atoms with van der Waals surface area (Å²) in [5, 5.41) is 6.14. The number of nitrogens with zero attached hydrogens (tertiary/aromatic N) is 2.